The second kappa shape index (κ2) is 6.23. The molecule has 1 aliphatic carbocycles. The summed E-state index contributed by atoms with van der Waals surface area (Å²) in [6.07, 6.45) is 6.71. The first-order valence-corrected chi connectivity index (χ1v) is 8.43. The van der Waals surface area contributed by atoms with Gasteiger partial charge in [0.05, 0.1) is 6.04 Å². The molecule has 0 aliphatic heterocycles. The molecule has 1 heterocycles. The number of rotatable bonds is 4. The summed E-state index contributed by atoms with van der Waals surface area (Å²) < 4.78 is 6.09. The van der Waals surface area contributed by atoms with Crippen LogP contribution >= 0.6 is 0 Å². The number of furan rings is 1. The van der Waals surface area contributed by atoms with Crippen molar-refractivity contribution in [2.24, 2.45) is 5.92 Å². The monoisotopic (exact) mass is 285 g/mol. The average Bonchev–Trinajstić information content (AvgIpc) is 2.85. The molecule has 1 saturated carbocycles. The highest BCUT2D eigenvalue weighted by Gasteiger charge is 2.24. The first kappa shape index (κ1) is 14.6. The van der Waals surface area contributed by atoms with Crippen molar-refractivity contribution in [3.05, 3.63) is 35.6 Å². The lowest BCUT2D eigenvalue weighted by molar-refractivity contribution is 0.258. The van der Waals surface area contributed by atoms with Crippen LogP contribution in [0.5, 0.6) is 0 Å². The van der Waals surface area contributed by atoms with E-state index in [2.05, 4.69) is 44.3 Å². The lowest BCUT2D eigenvalue weighted by atomic mass is 9.84. The van der Waals surface area contributed by atoms with Gasteiger partial charge in [0, 0.05) is 11.4 Å². The second-order valence-electron chi connectivity index (χ2n) is 6.61. The molecule has 21 heavy (non-hydrogen) atoms. The van der Waals surface area contributed by atoms with E-state index in [0.717, 1.165) is 17.3 Å². The van der Waals surface area contributed by atoms with Crippen LogP contribution in [0.3, 0.4) is 0 Å². The molecule has 0 saturated heterocycles. The molecule has 0 bridgehead atoms. The highest BCUT2D eigenvalue weighted by molar-refractivity contribution is 5.82. The van der Waals surface area contributed by atoms with Gasteiger partial charge in [-0.2, -0.15) is 0 Å². The maximum absolute atomic E-state index is 6.09. The van der Waals surface area contributed by atoms with Crippen molar-refractivity contribution in [2.45, 2.75) is 65.0 Å². The summed E-state index contributed by atoms with van der Waals surface area (Å²) in [6.45, 7) is 6.73. The largest absolute Gasteiger partial charge is 0.459 e. The number of nitrogens with one attached hydrogen (secondary N) is 1. The van der Waals surface area contributed by atoms with E-state index < -0.39 is 0 Å². The molecule has 114 valence electrons. The Bertz CT molecular complexity index is 601. The van der Waals surface area contributed by atoms with Gasteiger partial charge in [-0.25, -0.2) is 0 Å². The predicted molar refractivity (Wildman–Crippen MR) is 88.5 cm³/mol. The summed E-state index contributed by atoms with van der Waals surface area (Å²) in [5.74, 6) is 2.01. The van der Waals surface area contributed by atoms with E-state index in [1.807, 2.05) is 6.07 Å². The Labute approximate surface area is 127 Å². The van der Waals surface area contributed by atoms with E-state index >= 15 is 0 Å². The Kier molecular flexibility index (Phi) is 4.34. The van der Waals surface area contributed by atoms with Crippen molar-refractivity contribution in [1.29, 1.82) is 0 Å². The molecule has 0 radical (unpaired) electrons. The van der Waals surface area contributed by atoms with E-state index in [-0.39, 0.29) is 6.04 Å². The van der Waals surface area contributed by atoms with Gasteiger partial charge in [0.2, 0.25) is 0 Å². The molecule has 1 fully saturated rings. The van der Waals surface area contributed by atoms with Crippen molar-refractivity contribution in [1.82, 2.24) is 5.32 Å². The molecule has 2 aromatic rings. The van der Waals surface area contributed by atoms with Gasteiger partial charge in [-0.1, -0.05) is 44.4 Å². The maximum atomic E-state index is 6.09. The average molecular weight is 285 g/mol. The molecule has 2 heteroatoms. The van der Waals surface area contributed by atoms with Gasteiger partial charge in [-0.15, -0.1) is 0 Å². The fourth-order valence-electron chi connectivity index (χ4n) is 3.85. The Morgan fingerprint density at radius 2 is 2.10 bits per heavy atom. The molecule has 2 nitrogen and oxygen atoms in total. The van der Waals surface area contributed by atoms with Gasteiger partial charge in [0.15, 0.2) is 0 Å². The molecule has 0 amide bonds. The zero-order chi connectivity index (χ0) is 14.8. The number of fused-ring (bicyclic) bond motifs is 1. The Morgan fingerprint density at radius 3 is 2.86 bits per heavy atom. The third-order valence-electron chi connectivity index (χ3n) is 5.12. The van der Waals surface area contributed by atoms with Crippen LogP contribution in [0.4, 0.5) is 0 Å². The van der Waals surface area contributed by atoms with E-state index in [9.17, 15) is 0 Å². The summed E-state index contributed by atoms with van der Waals surface area (Å²) in [6, 6.07) is 9.27. The van der Waals surface area contributed by atoms with Gasteiger partial charge in [-0.3, -0.25) is 0 Å². The second-order valence-corrected chi connectivity index (χ2v) is 6.61. The third-order valence-corrected chi connectivity index (χ3v) is 5.12. The number of aryl methyl sites for hydroxylation is 1. The molecule has 1 aromatic carbocycles. The number of benzene rings is 1. The van der Waals surface area contributed by atoms with Gasteiger partial charge in [-0.05, 0) is 44.2 Å². The molecule has 3 unspecified atom stereocenters. The SMILES string of the molecule is CCC1CCCC(NC(C)c2oc3ccccc3c2C)C1. The Morgan fingerprint density at radius 1 is 1.29 bits per heavy atom. The standard InChI is InChI=1S/C19H27NO/c1-4-15-8-7-9-16(12-15)20-14(3)19-13(2)17-10-5-6-11-18(17)21-19/h5-6,10-11,14-16,20H,4,7-9,12H2,1-3H3. The zero-order valence-corrected chi connectivity index (χ0v) is 13.5. The van der Waals surface area contributed by atoms with Crippen LogP contribution in [0.25, 0.3) is 11.0 Å². The summed E-state index contributed by atoms with van der Waals surface area (Å²) in [5, 5.41) is 5.05. The van der Waals surface area contributed by atoms with Crippen molar-refractivity contribution in [3.63, 3.8) is 0 Å². The van der Waals surface area contributed by atoms with Crippen LogP contribution in [0.2, 0.25) is 0 Å². The van der Waals surface area contributed by atoms with Gasteiger partial charge in [0.1, 0.15) is 11.3 Å². The molecule has 1 aromatic heterocycles. The summed E-state index contributed by atoms with van der Waals surface area (Å²) in [4.78, 5) is 0. The minimum atomic E-state index is 0.290. The molecule has 1 aliphatic rings. The van der Waals surface area contributed by atoms with E-state index in [4.69, 9.17) is 4.42 Å². The predicted octanol–water partition coefficient (Wildman–Crippen LogP) is 5.36. The van der Waals surface area contributed by atoms with Crippen LogP contribution < -0.4 is 5.32 Å². The first-order chi connectivity index (χ1) is 10.2. The van der Waals surface area contributed by atoms with Crippen LogP contribution in [0, 0.1) is 12.8 Å². The topological polar surface area (TPSA) is 25.2 Å². The van der Waals surface area contributed by atoms with Gasteiger partial charge >= 0.3 is 0 Å². The summed E-state index contributed by atoms with van der Waals surface area (Å²) in [7, 11) is 0. The zero-order valence-electron chi connectivity index (χ0n) is 13.5. The Hall–Kier alpha value is -1.28. The molecule has 3 rings (SSSR count). The fourth-order valence-corrected chi connectivity index (χ4v) is 3.85. The molecule has 3 atom stereocenters. The molecule has 0 spiro atoms. The highest BCUT2D eigenvalue weighted by Crippen LogP contribution is 2.32. The summed E-state index contributed by atoms with van der Waals surface area (Å²) >= 11 is 0. The smallest absolute Gasteiger partial charge is 0.134 e. The van der Waals surface area contributed by atoms with Crippen molar-refractivity contribution in [3.8, 4) is 0 Å². The van der Waals surface area contributed by atoms with Gasteiger partial charge < -0.3 is 9.73 Å². The summed E-state index contributed by atoms with van der Waals surface area (Å²) in [5.41, 5.74) is 2.29. The van der Waals surface area contributed by atoms with Crippen LogP contribution in [-0.4, -0.2) is 6.04 Å². The maximum Gasteiger partial charge on any atom is 0.134 e. The number of para-hydroxylation sites is 1. The first-order valence-electron chi connectivity index (χ1n) is 8.43. The quantitative estimate of drug-likeness (QED) is 0.818. The van der Waals surface area contributed by atoms with Crippen molar-refractivity contribution >= 4 is 11.0 Å². The molecule has 1 N–H and O–H groups in total. The molecular weight excluding hydrogens is 258 g/mol. The molecular formula is C19H27NO. The van der Waals surface area contributed by atoms with Crippen molar-refractivity contribution < 1.29 is 4.42 Å². The number of hydrogen-bond donors (Lipinski definition) is 1. The minimum absolute atomic E-state index is 0.290. The van der Waals surface area contributed by atoms with E-state index in [1.165, 1.54) is 43.1 Å². The lowest BCUT2D eigenvalue weighted by Crippen LogP contribution is -2.35. The van der Waals surface area contributed by atoms with Crippen LogP contribution in [-0.2, 0) is 0 Å². The van der Waals surface area contributed by atoms with E-state index in [1.54, 1.807) is 0 Å². The van der Waals surface area contributed by atoms with Crippen LogP contribution in [0.15, 0.2) is 28.7 Å². The van der Waals surface area contributed by atoms with Crippen LogP contribution in [0.1, 0.15) is 63.3 Å². The third kappa shape index (κ3) is 3.01. The lowest BCUT2D eigenvalue weighted by Gasteiger charge is -2.31. The highest BCUT2D eigenvalue weighted by atomic mass is 16.3. The van der Waals surface area contributed by atoms with E-state index in [0.29, 0.717) is 6.04 Å². The normalized spacial score (nSPS) is 24.3. The van der Waals surface area contributed by atoms with Crippen molar-refractivity contribution in [2.75, 3.05) is 0 Å². The number of hydrogen-bond acceptors (Lipinski definition) is 2. The Balaban J connectivity index is 1.74. The fraction of sp³-hybridized carbons (Fsp3) is 0.579. The minimum Gasteiger partial charge on any atom is -0.459 e. The van der Waals surface area contributed by atoms with Gasteiger partial charge in [0.25, 0.3) is 0 Å².